The minimum absolute atomic E-state index is 0.0582. The second-order valence-electron chi connectivity index (χ2n) is 8.66. The van der Waals surface area contributed by atoms with E-state index in [4.69, 9.17) is 16.3 Å². The summed E-state index contributed by atoms with van der Waals surface area (Å²) in [6.07, 6.45) is 5.72. The summed E-state index contributed by atoms with van der Waals surface area (Å²) in [5.41, 5.74) is 1.53. The molecule has 0 bridgehead atoms. The zero-order valence-corrected chi connectivity index (χ0v) is 19.5. The SMILES string of the molecule is COc1ccc(C2CN(CC(=O)NC3CCC3)CCC2NC(=O)Nc2ccc(Cl)cc2)nc1. The number of rotatable bonds is 7. The first-order valence-corrected chi connectivity index (χ1v) is 11.7. The van der Waals surface area contributed by atoms with Gasteiger partial charge in [0.15, 0.2) is 0 Å². The molecule has 2 atom stereocenters. The maximum Gasteiger partial charge on any atom is 0.319 e. The molecule has 9 heteroatoms. The number of urea groups is 1. The van der Waals surface area contributed by atoms with Gasteiger partial charge in [-0.15, -0.1) is 0 Å². The molecule has 0 radical (unpaired) electrons. The number of piperidine rings is 1. The van der Waals surface area contributed by atoms with Crippen molar-refractivity contribution in [1.82, 2.24) is 20.5 Å². The van der Waals surface area contributed by atoms with Gasteiger partial charge >= 0.3 is 6.03 Å². The van der Waals surface area contributed by atoms with Crippen LogP contribution in [0.2, 0.25) is 5.02 Å². The van der Waals surface area contributed by atoms with Crippen LogP contribution in [0, 0.1) is 0 Å². The molecule has 2 unspecified atom stereocenters. The summed E-state index contributed by atoms with van der Waals surface area (Å²) in [4.78, 5) is 31.9. The van der Waals surface area contributed by atoms with Crippen molar-refractivity contribution in [2.75, 3.05) is 32.1 Å². The molecule has 2 aromatic rings. The second kappa shape index (κ2) is 10.9. The van der Waals surface area contributed by atoms with Crippen molar-refractivity contribution in [3.8, 4) is 5.75 Å². The Morgan fingerprint density at radius 3 is 2.55 bits per heavy atom. The summed E-state index contributed by atoms with van der Waals surface area (Å²) < 4.78 is 5.23. The van der Waals surface area contributed by atoms with Gasteiger partial charge in [-0.3, -0.25) is 14.7 Å². The second-order valence-corrected chi connectivity index (χ2v) is 9.10. The summed E-state index contributed by atoms with van der Waals surface area (Å²) in [5, 5.41) is 9.68. The van der Waals surface area contributed by atoms with Crippen molar-refractivity contribution >= 4 is 29.2 Å². The predicted molar refractivity (Wildman–Crippen MR) is 128 cm³/mol. The van der Waals surface area contributed by atoms with Crippen molar-refractivity contribution in [2.24, 2.45) is 0 Å². The van der Waals surface area contributed by atoms with E-state index in [0.29, 0.717) is 42.0 Å². The highest BCUT2D eigenvalue weighted by atomic mass is 35.5. The Morgan fingerprint density at radius 1 is 1.12 bits per heavy atom. The molecule has 33 heavy (non-hydrogen) atoms. The molecular formula is C24H30ClN5O3. The van der Waals surface area contributed by atoms with Gasteiger partial charge in [-0.05, 0) is 62.1 Å². The minimum atomic E-state index is -0.281. The summed E-state index contributed by atoms with van der Waals surface area (Å²) in [6, 6.07) is 10.7. The topological polar surface area (TPSA) is 95.6 Å². The lowest BCUT2D eigenvalue weighted by Crippen LogP contribution is -2.53. The highest BCUT2D eigenvalue weighted by Gasteiger charge is 2.33. The van der Waals surface area contributed by atoms with Crippen LogP contribution in [0.15, 0.2) is 42.6 Å². The molecule has 1 saturated carbocycles. The van der Waals surface area contributed by atoms with Crippen LogP contribution in [0.25, 0.3) is 0 Å². The van der Waals surface area contributed by atoms with Crippen LogP contribution in [0.1, 0.15) is 37.3 Å². The fourth-order valence-corrected chi connectivity index (χ4v) is 4.39. The lowest BCUT2D eigenvalue weighted by molar-refractivity contribution is -0.123. The van der Waals surface area contributed by atoms with E-state index in [1.54, 1.807) is 37.6 Å². The van der Waals surface area contributed by atoms with E-state index in [-0.39, 0.29) is 23.9 Å². The van der Waals surface area contributed by atoms with Crippen molar-refractivity contribution in [2.45, 2.75) is 43.7 Å². The smallest absolute Gasteiger partial charge is 0.319 e. The normalized spacial score (nSPS) is 21.0. The molecular weight excluding hydrogens is 442 g/mol. The number of anilines is 1. The van der Waals surface area contributed by atoms with Crippen molar-refractivity contribution in [3.63, 3.8) is 0 Å². The number of ether oxygens (including phenoxy) is 1. The number of likely N-dealkylation sites (tertiary alicyclic amines) is 1. The van der Waals surface area contributed by atoms with Gasteiger partial charge in [0.1, 0.15) is 5.75 Å². The van der Waals surface area contributed by atoms with Gasteiger partial charge in [0.25, 0.3) is 0 Å². The van der Waals surface area contributed by atoms with E-state index < -0.39 is 0 Å². The van der Waals surface area contributed by atoms with E-state index in [1.807, 2.05) is 12.1 Å². The molecule has 1 aromatic carbocycles. The molecule has 2 fully saturated rings. The standard InChI is InChI=1S/C24H30ClN5O3/c1-33-19-9-10-21(26-13-19)20-14-30(15-23(31)27-17-3-2-4-17)12-11-22(20)29-24(32)28-18-7-5-16(25)6-8-18/h5-10,13,17,20,22H,2-4,11-12,14-15H2,1H3,(H,27,31)(H2,28,29,32). The van der Waals surface area contributed by atoms with E-state index in [0.717, 1.165) is 25.1 Å². The Hall–Kier alpha value is -2.84. The number of halogens is 1. The summed E-state index contributed by atoms with van der Waals surface area (Å²) in [5.74, 6) is 0.682. The predicted octanol–water partition coefficient (Wildman–Crippen LogP) is 3.39. The Balaban J connectivity index is 1.42. The van der Waals surface area contributed by atoms with Crippen LogP contribution >= 0.6 is 11.6 Å². The van der Waals surface area contributed by atoms with E-state index in [2.05, 4.69) is 25.8 Å². The molecule has 3 N–H and O–H groups in total. The third-order valence-corrected chi connectivity index (χ3v) is 6.58. The van der Waals surface area contributed by atoms with Crippen LogP contribution in [0.5, 0.6) is 5.75 Å². The average Bonchev–Trinajstić information content (AvgIpc) is 2.79. The van der Waals surface area contributed by atoms with E-state index >= 15 is 0 Å². The van der Waals surface area contributed by atoms with E-state index in [1.165, 1.54) is 6.42 Å². The van der Waals surface area contributed by atoms with Gasteiger partial charge in [-0.25, -0.2) is 4.79 Å². The molecule has 1 saturated heterocycles. The van der Waals surface area contributed by atoms with Gasteiger partial charge in [0, 0.05) is 47.5 Å². The van der Waals surface area contributed by atoms with Crippen molar-refractivity contribution in [1.29, 1.82) is 0 Å². The van der Waals surface area contributed by atoms with Crippen molar-refractivity contribution in [3.05, 3.63) is 53.3 Å². The van der Waals surface area contributed by atoms with E-state index in [9.17, 15) is 9.59 Å². The maximum absolute atomic E-state index is 12.7. The van der Waals surface area contributed by atoms with Gasteiger partial charge in [0.05, 0.1) is 19.9 Å². The largest absolute Gasteiger partial charge is 0.495 e. The molecule has 4 rings (SSSR count). The highest BCUT2D eigenvalue weighted by molar-refractivity contribution is 6.30. The van der Waals surface area contributed by atoms with Gasteiger partial charge in [-0.2, -0.15) is 0 Å². The molecule has 2 aliphatic rings. The fraction of sp³-hybridized carbons (Fsp3) is 0.458. The van der Waals surface area contributed by atoms with Crippen LogP contribution < -0.4 is 20.7 Å². The number of pyridine rings is 1. The number of aromatic nitrogens is 1. The number of hydrogen-bond donors (Lipinski definition) is 3. The van der Waals surface area contributed by atoms with Crippen molar-refractivity contribution < 1.29 is 14.3 Å². The number of carbonyl (C=O) groups excluding carboxylic acids is 2. The lowest BCUT2D eigenvalue weighted by atomic mass is 9.88. The average molecular weight is 472 g/mol. The lowest BCUT2D eigenvalue weighted by Gasteiger charge is -2.38. The number of hydrogen-bond acceptors (Lipinski definition) is 5. The Labute approximate surface area is 199 Å². The number of carbonyl (C=O) groups is 2. The molecule has 3 amide bonds. The number of nitrogens with zero attached hydrogens (tertiary/aromatic N) is 2. The molecule has 8 nitrogen and oxygen atoms in total. The first-order valence-electron chi connectivity index (χ1n) is 11.3. The third-order valence-electron chi connectivity index (χ3n) is 6.33. The monoisotopic (exact) mass is 471 g/mol. The summed E-state index contributed by atoms with van der Waals surface area (Å²) in [6.45, 7) is 1.70. The Kier molecular flexibility index (Phi) is 7.67. The fourth-order valence-electron chi connectivity index (χ4n) is 4.27. The molecule has 0 spiro atoms. The molecule has 2 heterocycles. The molecule has 1 aliphatic carbocycles. The zero-order valence-electron chi connectivity index (χ0n) is 18.7. The molecule has 1 aromatic heterocycles. The molecule has 176 valence electrons. The van der Waals surface area contributed by atoms with Crippen LogP contribution in [-0.4, -0.2) is 60.6 Å². The molecule has 1 aliphatic heterocycles. The first kappa shape index (κ1) is 23.3. The summed E-state index contributed by atoms with van der Waals surface area (Å²) >= 11 is 5.92. The minimum Gasteiger partial charge on any atom is -0.495 e. The maximum atomic E-state index is 12.7. The van der Waals surface area contributed by atoms with Crippen LogP contribution in [0.4, 0.5) is 10.5 Å². The van der Waals surface area contributed by atoms with Crippen LogP contribution in [-0.2, 0) is 4.79 Å². The first-order chi connectivity index (χ1) is 16.0. The Bertz CT molecular complexity index is 950. The number of amides is 3. The highest BCUT2D eigenvalue weighted by Crippen LogP contribution is 2.27. The van der Waals surface area contributed by atoms with Gasteiger partial charge in [0.2, 0.25) is 5.91 Å². The van der Waals surface area contributed by atoms with Gasteiger partial charge in [-0.1, -0.05) is 11.6 Å². The summed E-state index contributed by atoms with van der Waals surface area (Å²) in [7, 11) is 1.60. The van der Waals surface area contributed by atoms with Gasteiger partial charge < -0.3 is 20.7 Å². The third kappa shape index (κ3) is 6.36. The Morgan fingerprint density at radius 2 is 1.91 bits per heavy atom. The zero-order chi connectivity index (χ0) is 23.2. The van der Waals surface area contributed by atoms with Crippen LogP contribution in [0.3, 0.4) is 0 Å². The number of benzene rings is 1. The number of nitrogens with one attached hydrogen (secondary N) is 3. The number of methoxy groups -OCH3 is 1. The quantitative estimate of drug-likeness (QED) is 0.575.